The third kappa shape index (κ3) is 4.32. The van der Waals surface area contributed by atoms with Crippen LogP contribution in [0.5, 0.6) is 0 Å². The number of aryl methyl sites for hydroxylation is 2. The van der Waals surface area contributed by atoms with Crippen LogP contribution in [0.2, 0.25) is 0 Å². The first-order valence-corrected chi connectivity index (χ1v) is 7.34. The molecular formula is C16H24N2O2. The predicted molar refractivity (Wildman–Crippen MR) is 80.1 cm³/mol. The molecule has 0 spiro atoms. The molecule has 1 saturated heterocycles. The van der Waals surface area contributed by atoms with Crippen LogP contribution in [0.3, 0.4) is 0 Å². The van der Waals surface area contributed by atoms with Gasteiger partial charge in [-0.3, -0.25) is 4.79 Å². The second kappa shape index (κ2) is 7.41. The van der Waals surface area contributed by atoms with Gasteiger partial charge in [-0.1, -0.05) is 17.7 Å². The lowest BCUT2D eigenvalue weighted by molar-refractivity contribution is 0.0343. The Balaban J connectivity index is 1.73. The number of hydrogen-bond donors (Lipinski definition) is 2. The van der Waals surface area contributed by atoms with Crippen molar-refractivity contribution in [1.82, 2.24) is 10.6 Å². The SMILES string of the molecule is Cc1ccc(C)c(C(=O)NCCOC2CCNCC2)c1. The van der Waals surface area contributed by atoms with Crippen LogP contribution in [0.1, 0.15) is 34.3 Å². The number of benzene rings is 1. The highest BCUT2D eigenvalue weighted by Crippen LogP contribution is 2.10. The highest BCUT2D eigenvalue weighted by molar-refractivity contribution is 5.95. The minimum absolute atomic E-state index is 0.0138. The highest BCUT2D eigenvalue weighted by Gasteiger charge is 2.13. The van der Waals surface area contributed by atoms with Crippen molar-refractivity contribution >= 4 is 5.91 Å². The van der Waals surface area contributed by atoms with Crippen molar-refractivity contribution in [3.63, 3.8) is 0 Å². The van der Waals surface area contributed by atoms with Gasteiger partial charge in [0.1, 0.15) is 0 Å². The van der Waals surface area contributed by atoms with Gasteiger partial charge in [0.15, 0.2) is 0 Å². The fourth-order valence-electron chi connectivity index (χ4n) is 2.43. The lowest BCUT2D eigenvalue weighted by Gasteiger charge is -2.23. The third-order valence-electron chi connectivity index (χ3n) is 3.67. The van der Waals surface area contributed by atoms with Crippen LogP contribution in [0, 0.1) is 13.8 Å². The Morgan fingerprint density at radius 3 is 2.85 bits per heavy atom. The van der Waals surface area contributed by atoms with Crippen molar-refractivity contribution in [1.29, 1.82) is 0 Å². The van der Waals surface area contributed by atoms with Crippen LogP contribution in [0.25, 0.3) is 0 Å². The Morgan fingerprint density at radius 2 is 2.10 bits per heavy atom. The van der Waals surface area contributed by atoms with Gasteiger partial charge in [-0.15, -0.1) is 0 Å². The summed E-state index contributed by atoms with van der Waals surface area (Å²) in [5.41, 5.74) is 2.87. The molecule has 1 fully saturated rings. The Bertz CT molecular complexity index is 454. The first-order valence-electron chi connectivity index (χ1n) is 7.34. The van der Waals surface area contributed by atoms with Gasteiger partial charge in [-0.25, -0.2) is 0 Å². The van der Waals surface area contributed by atoms with Crippen LogP contribution >= 0.6 is 0 Å². The summed E-state index contributed by atoms with van der Waals surface area (Å²) in [5.74, 6) is -0.0138. The van der Waals surface area contributed by atoms with Gasteiger partial charge in [0.25, 0.3) is 5.91 Å². The number of carbonyl (C=O) groups is 1. The third-order valence-corrected chi connectivity index (χ3v) is 3.67. The van der Waals surface area contributed by atoms with E-state index in [4.69, 9.17) is 4.74 Å². The van der Waals surface area contributed by atoms with E-state index in [2.05, 4.69) is 10.6 Å². The monoisotopic (exact) mass is 276 g/mol. The zero-order valence-corrected chi connectivity index (χ0v) is 12.4. The van der Waals surface area contributed by atoms with Crippen LogP contribution in [-0.4, -0.2) is 38.3 Å². The molecule has 2 rings (SSSR count). The normalized spacial score (nSPS) is 16.1. The molecule has 1 aliphatic rings. The summed E-state index contributed by atoms with van der Waals surface area (Å²) in [4.78, 5) is 12.1. The molecule has 20 heavy (non-hydrogen) atoms. The summed E-state index contributed by atoms with van der Waals surface area (Å²) < 4.78 is 5.77. The maximum atomic E-state index is 12.1. The summed E-state index contributed by atoms with van der Waals surface area (Å²) in [6.45, 7) is 7.16. The largest absolute Gasteiger partial charge is 0.376 e. The zero-order chi connectivity index (χ0) is 14.4. The molecule has 1 aromatic rings. The number of amides is 1. The van der Waals surface area contributed by atoms with E-state index in [0.29, 0.717) is 19.3 Å². The van der Waals surface area contributed by atoms with Gasteiger partial charge in [-0.05, 0) is 51.4 Å². The van der Waals surface area contributed by atoms with Crippen molar-refractivity contribution < 1.29 is 9.53 Å². The number of hydrogen-bond acceptors (Lipinski definition) is 3. The number of ether oxygens (including phenoxy) is 1. The van der Waals surface area contributed by atoms with Gasteiger partial charge in [-0.2, -0.15) is 0 Å². The molecule has 1 aliphatic heterocycles. The molecule has 0 radical (unpaired) electrons. The topological polar surface area (TPSA) is 50.4 Å². The zero-order valence-electron chi connectivity index (χ0n) is 12.4. The molecule has 0 saturated carbocycles. The molecule has 1 amide bonds. The lowest BCUT2D eigenvalue weighted by Crippen LogP contribution is -2.35. The van der Waals surface area contributed by atoms with Gasteiger partial charge in [0.05, 0.1) is 12.7 Å². The lowest BCUT2D eigenvalue weighted by atomic mass is 10.1. The fourth-order valence-corrected chi connectivity index (χ4v) is 2.43. The number of piperidine rings is 1. The Kier molecular flexibility index (Phi) is 5.56. The van der Waals surface area contributed by atoms with Crippen molar-refractivity contribution in [2.24, 2.45) is 0 Å². The molecule has 2 N–H and O–H groups in total. The molecule has 0 aliphatic carbocycles. The first kappa shape index (κ1) is 15.0. The summed E-state index contributed by atoms with van der Waals surface area (Å²) in [6, 6.07) is 5.93. The second-order valence-corrected chi connectivity index (χ2v) is 5.39. The van der Waals surface area contributed by atoms with Crippen molar-refractivity contribution in [2.75, 3.05) is 26.2 Å². The Labute approximate surface area is 120 Å². The molecule has 0 atom stereocenters. The van der Waals surface area contributed by atoms with E-state index in [-0.39, 0.29) is 5.91 Å². The van der Waals surface area contributed by atoms with E-state index in [1.165, 1.54) is 0 Å². The van der Waals surface area contributed by atoms with Crippen LogP contribution in [0.4, 0.5) is 0 Å². The van der Waals surface area contributed by atoms with Gasteiger partial charge < -0.3 is 15.4 Å². The average molecular weight is 276 g/mol. The summed E-state index contributed by atoms with van der Waals surface area (Å²) in [6.07, 6.45) is 2.46. The quantitative estimate of drug-likeness (QED) is 0.806. The van der Waals surface area contributed by atoms with E-state index in [0.717, 1.165) is 42.6 Å². The maximum absolute atomic E-state index is 12.1. The van der Waals surface area contributed by atoms with E-state index < -0.39 is 0 Å². The van der Waals surface area contributed by atoms with Crippen molar-refractivity contribution in [3.8, 4) is 0 Å². The van der Waals surface area contributed by atoms with E-state index in [1.54, 1.807) is 0 Å². The van der Waals surface area contributed by atoms with Crippen molar-refractivity contribution in [3.05, 3.63) is 34.9 Å². The Hall–Kier alpha value is -1.39. The number of rotatable bonds is 5. The summed E-state index contributed by atoms with van der Waals surface area (Å²) in [5, 5.41) is 6.23. The minimum Gasteiger partial charge on any atom is -0.376 e. The number of nitrogens with one attached hydrogen (secondary N) is 2. The molecule has 4 heteroatoms. The molecule has 110 valence electrons. The standard InChI is InChI=1S/C16H24N2O2/c1-12-3-4-13(2)15(11-12)16(19)18-9-10-20-14-5-7-17-8-6-14/h3-4,11,14,17H,5-10H2,1-2H3,(H,18,19). The average Bonchev–Trinajstić information content (AvgIpc) is 2.47. The second-order valence-electron chi connectivity index (χ2n) is 5.39. The van der Waals surface area contributed by atoms with Gasteiger partial charge in [0.2, 0.25) is 0 Å². The number of carbonyl (C=O) groups excluding carboxylic acids is 1. The van der Waals surface area contributed by atoms with Crippen molar-refractivity contribution in [2.45, 2.75) is 32.8 Å². The smallest absolute Gasteiger partial charge is 0.251 e. The van der Waals surface area contributed by atoms with Gasteiger partial charge >= 0.3 is 0 Å². The molecule has 0 aromatic heterocycles. The highest BCUT2D eigenvalue weighted by atomic mass is 16.5. The van der Waals surface area contributed by atoms with Crippen LogP contribution in [-0.2, 0) is 4.74 Å². The molecule has 1 heterocycles. The van der Waals surface area contributed by atoms with E-state index in [9.17, 15) is 4.79 Å². The molecular weight excluding hydrogens is 252 g/mol. The maximum Gasteiger partial charge on any atom is 0.251 e. The summed E-state index contributed by atoms with van der Waals surface area (Å²) >= 11 is 0. The predicted octanol–water partition coefficient (Wildman–Crippen LogP) is 1.80. The molecule has 1 aromatic carbocycles. The molecule has 4 nitrogen and oxygen atoms in total. The minimum atomic E-state index is -0.0138. The van der Waals surface area contributed by atoms with E-state index in [1.807, 2.05) is 32.0 Å². The first-order chi connectivity index (χ1) is 9.66. The Morgan fingerprint density at radius 1 is 1.35 bits per heavy atom. The van der Waals surface area contributed by atoms with Crippen LogP contribution in [0.15, 0.2) is 18.2 Å². The molecule has 0 bridgehead atoms. The molecule has 0 unspecified atom stereocenters. The summed E-state index contributed by atoms with van der Waals surface area (Å²) in [7, 11) is 0. The van der Waals surface area contributed by atoms with Gasteiger partial charge in [0, 0.05) is 12.1 Å². The van der Waals surface area contributed by atoms with E-state index >= 15 is 0 Å². The van der Waals surface area contributed by atoms with Crippen LogP contribution < -0.4 is 10.6 Å². The fraction of sp³-hybridized carbons (Fsp3) is 0.562.